The molecule has 0 amide bonds. The Morgan fingerprint density at radius 1 is 1.33 bits per heavy atom. The van der Waals surface area contributed by atoms with E-state index in [1.54, 1.807) is 24.3 Å². The molecule has 2 heterocycles. The molecule has 1 aliphatic heterocycles. The first-order valence-electron chi connectivity index (χ1n) is 8.75. The van der Waals surface area contributed by atoms with Crippen molar-refractivity contribution in [2.24, 2.45) is 16.1 Å². The van der Waals surface area contributed by atoms with E-state index in [1.165, 1.54) is 12.3 Å². The first-order chi connectivity index (χ1) is 12.8. The first-order valence-corrected chi connectivity index (χ1v) is 9.13. The number of hydrogen-bond donors (Lipinski definition) is 1. The van der Waals surface area contributed by atoms with Crippen LogP contribution in [0.25, 0.3) is 0 Å². The quantitative estimate of drug-likeness (QED) is 0.812. The van der Waals surface area contributed by atoms with Crippen LogP contribution in [0.5, 0.6) is 0 Å². The molecule has 0 radical (unpaired) electrons. The van der Waals surface area contributed by atoms with Gasteiger partial charge in [-0.25, -0.2) is 9.38 Å². The van der Waals surface area contributed by atoms with E-state index in [9.17, 15) is 9.18 Å². The van der Waals surface area contributed by atoms with Gasteiger partial charge in [-0.2, -0.15) is 0 Å². The van der Waals surface area contributed by atoms with Crippen LogP contribution in [0.4, 0.5) is 4.39 Å². The predicted molar refractivity (Wildman–Crippen MR) is 100 cm³/mol. The minimum Gasteiger partial charge on any atom is -0.465 e. The molecule has 0 unspecified atom stereocenters. The molecule has 5 nitrogen and oxygen atoms in total. The second kappa shape index (κ2) is 6.30. The number of carbonyl (C=O) groups excluding carboxylic acids is 1. The maximum Gasteiger partial charge on any atom is 0.282 e. The summed E-state index contributed by atoms with van der Waals surface area (Å²) in [4.78, 5) is 21.0. The molecule has 2 N–H and O–H groups in total. The third-order valence-corrected chi connectivity index (χ3v) is 5.87. The van der Waals surface area contributed by atoms with Crippen LogP contribution in [0.1, 0.15) is 41.4 Å². The zero-order valence-electron chi connectivity index (χ0n) is 14.8. The van der Waals surface area contributed by atoms with Gasteiger partial charge < -0.3 is 10.5 Å². The van der Waals surface area contributed by atoms with Crippen molar-refractivity contribution in [2.45, 2.75) is 31.7 Å². The van der Waals surface area contributed by atoms with Gasteiger partial charge in [-0.15, -0.1) is 0 Å². The molecule has 27 heavy (non-hydrogen) atoms. The van der Waals surface area contributed by atoms with Crippen molar-refractivity contribution < 1.29 is 13.9 Å². The minimum atomic E-state index is -0.809. The number of carbonyl (C=O) groups is 1. The van der Waals surface area contributed by atoms with Gasteiger partial charge in [0.2, 0.25) is 0 Å². The smallest absolute Gasteiger partial charge is 0.282 e. The number of hydrogen-bond acceptors (Lipinski definition) is 5. The summed E-state index contributed by atoms with van der Waals surface area (Å²) in [6.07, 6.45) is 3.35. The lowest BCUT2D eigenvalue weighted by Gasteiger charge is -2.38. The molecule has 4 rings (SSSR count). The summed E-state index contributed by atoms with van der Waals surface area (Å²) in [5, 5.41) is 0.466. The number of ketones is 1. The highest BCUT2D eigenvalue weighted by Crippen LogP contribution is 2.62. The SMILES string of the molecule is C[C@]1(c2cc(CC(=O)c3ccc(Cl)cn3)ccc2F)N=C(N)OCC12CC2. The van der Waals surface area contributed by atoms with Crippen LogP contribution in [-0.4, -0.2) is 23.4 Å². The Morgan fingerprint density at radius 3 is 2.78 bits per heavy atom. The Kier molecular flexibility index (Phi) is 4.18. The van der Waals surface area contributed by atoms with E-state index in [2.05, 4.69) is 9.98 Å². The molecule has 2 aliphatic rings. The number of pyridine rings is 1. The summed E-state index contributed by atoms with van der Waals surface area (Å²) in [6, 6.07) is 7.98. The molecule has 0 saturated heterocycles. The lowest BCUT2D eigenvalue weighted by Crippen LogP contribution is -2.43. The van der Waals surface area contributed by atoms with E-state index in [0.717, 1.165) is 12.8 Å². The van der Waals surface area contributed by atoms with Gasteiger partial charge in [0.1, 0.15) is 11.5 Å². The molecule has 1 fully saturated rings. The van der Waals surface area contributed by atoms with Gasteiger partial charge >= 0.3 is 0 Å². The Balaban J connectivity index is 1.67. The van der Waals surface area contributed by atoms with Gasteiger partial charge in [-0.05, 0) is 49.6 Å². The predicted octanol–water partition coefficient (Wildman–Crippen LogP) is 3.64. The van der Waals surface area contributed by atoms with Crippen molar-refractivity contribution in [3.05, 3.63) is 64.2 Å². The van der Waals surface area contributed by atoms with Crippen LogP contribution in [-0.2, 0) is 16.7 Å². The van der Waals surface area contributed by atoms with Crippen molar-refractivity contribution in [3.63, 3.8) is 0 Å². The standard InChI is InChI=1S/C20H19ClFN3O2/c1-19(20(6-7-20)11-27-18(23)25-19)14-8-12(2-4-15(14)22)9-17(26)16-5-3-13(21)10-24-16/h2-5,8,10H,6-7,9,11H2,1H3,(H2,23,25)/t19-/m1/s1. The summed E-state index contributed by atoms with van der Waals surface area (Å²) in [5.41, 5.74) is 6.21. The average molecular weight is 388 g/mol. The fourth-order valence-corrected chi connectivity index (χ4v) is 3.84. The second-order valence-corrected chi connectivity index (χ2v) is 7.80. The lowest BCUT2D eigenvalue weighted by molar-refractivity contribution is 0.0987. The summed E-state index contributed by atoms with van der Waals surface area (Å²) < 4.78 is 20.1. The number of nitrogens with zero attached hydrogens (tertiary/aromatic N) is 2. The minimum absolute atomic E-state index is 0.0706. The third-order valence-electron chi connectivity index (χ3n) is 5.65. The number of rotatable bonds is 4. The highest BCUT2D eigenvalue weighted by molar-refractivity contribution is 6.30. The summed E-state index contributed by atoms with van der Waals surface area (Å²) in [7, 11) is 0. The molecule has 2 aromatic rings. The molecule has 7 heteroatoms. The summed E-state index contributed by atoms with van der Waals surface area (Å²) >= 11 is 5.81. The Hall–Kier alpha value is -2.47. The molecule has 1 atom stereocenters. The molecular weight excluding hydrogens is 369 g/mol. The second-order valence-electron chi connectivity index (χ2n) is 7.37. The van der Waals surface area contributed by atoms with E-state index < -0.39 is 5.54 Å². The van der Waals surface area contributed by atoms with Crippen LogP contribution in [0, 0.1) is 11.2 Å². The summed E-state index contributed by atoms with van der Waals surface area (Å²) in [5.74, 6) is -0.520. The van der Waals surface area contributed by atoms with Gasteiger partial charge in [-0.1, -0.05) is 17.7 Å². The van der Waals surface area contributed by atoms with E-state index in [-0.39, 0.29) is 29.5 Å². The van der Waals surface area contributed by atoms with Crippen LogP contribution < -0.4 is 5.73 Å². The van der Waals surface area contributed by atoms with Gasteiger partial charge in [-0.3, -0.25) is 9.78 Å². The van der Waals surface area contributed by atoms with Crippen LogP contribution >= 0.6 is 11.6 Å². The van der Waals surface area contributed by atoms with Crippen LogP contribution in [0.3, 0.4) is 0 Å². The van der Waals surface area contributed by atoms with Gasteiger partial charge in [0.15, 0.2) is 5.78 Å². The third kappa shape index (κ3) is 3.08. The fourth-order valence-electron chi connectivity index (χ4n) is 3.72. The molecule has 1 aromatic heterocycles. The van der Waals surface area contributed by atoms with Crippen molar-refractivity contribution in [2.75, 3.05) is 6.61 Å². The van der Waals surface area contributed by atoms with E-state index in [0.29, 0.717) is 28.5 Å². The summed E-state index contributed by atoms with van der Waals surface area (Å²) in [6.45, 7) is 2.32. The number of Topliss-reactive ketones (excluding diaryl/α,β-unsaturated/α-hetero) is 1. The van der Waals surface area contributed by atoms with E-state index >= 15 is 0 Å². The number of aromatic nitrogens is 1. The monoisotopic (exact) mass is 387 g/mol. The van der Waals surface area contributed by atoms with Crippen molar-refractivity contribution in [1.29, 1.82) is 0 Å². The number of ether oxygens (including phenoxy) is 1. The molecule has 140 valence electrons. The average Bonchev–Trinajstić information content (AvgIpc) is 3.42. The maximum atomic E-state index is 14.7. The van der Waals surface area contributed by atoms with Gasteiger partial charge in [0, 0.05) is 23.6 Å². The maximum absolute atomic E-state index is 14.7. The number of benzene rings is 1. The molecule has 1 saturated carbocycles. The molecule has 0 bridgehead atoms. The Morgan fingerprint density at radius 2 is 2.11 bits per heavy atom. The van der Waals surface area contributed by atoms with Gasteiger partial charge in [0.25, 0.3) is 6.02 Å². The zero-order valence-corrected chi connectivity index (χ0v) is 15.6. The van der Waals surface area contributed by atoms with Crippen molar-refractivity contribution in [3.8, 4) is 0 Å². The number of halogens is 2. The Labute approximate surface area is 161 Å². The number of nitrogens with two attached hydrogens (primary N) is 1. The van der Waals surface area contributed by atoms with Crippen molar-refractivity contribution >= 4 is 23.4 Å². The molecule has 1 spiro atoms. The number of amidine groups is 1. The highest BCUT2D eigenvalue weighted by Gasteiger charge is 2.61. The Bertz CT molecular complexity index is 941. The normalized spacial score (nSPS) is 22.9. The topological polar surface area (TPSA) is 77.6 Å². The number of aliphatic imine (C=N–C) groups is 1. The van der Waals surface area contributed by atoms with E-state index in [1.807, 2.05) is 6.92 Å². The molecular formula is C20H19ClFN3O2. The highest BCUT2D eigenvalue weighted by atomic mass is 35.5. The van der Waals surface area contributed by atoms with Crippen LogP contribution in [0.15, 0.2) is 41.5 Å². The zero-order chi connectivity index (χ0) is 19.2. The van der Waals surface area contributed by atoms with Crippen LogP contribution in [0.2, 0.25) is 5.02 Å². The lowest BCUT2D eigenvalue weighted by atomic mass is 9.76. The van der Waals surface area contributed by atoms with E-state index in [4.69, 9.17) is 22.1 Å². The molecule has 1 aliphatic carbocycles. The largest absolute Gasteiger partial charge is 0.465 e. The first kappa shape index (κ1) is 17.9. The van der Waals surface area contributed by atoms with Gasteiger partial charge in [0.05, 0.1) is 17.2 Å². The fraction of sp³-hybridized carbons (Fsp3) is 0.350. The van der Waals surface area contributed by atoms with Crippen molar-refractivity contribution in [1.82, 2.24) is 4.98 Å². The molecule has 1 aromatic carbocycles.